The normalized spacial score (nSPS) is 12.3. The van der Waals surface area contributed by atoms with Crippen LogP contribution in [-0.2, 0) is 6.42 Å². The molecule has 0 saturated carbocycles. The van der Waals surface area contributed by atoms with Crippen LogP contribution in [0.4, 0.5) is 0 Å². The maximum Gasteiger partial charge on any atom is 0.0456 e. The molecule has 1 aromatic carbocycles. The van der Waals surface area contributed by atoms with E-state index in [4.69, 9.17) is 11.6 Å². The number of nitrogens with zero attached hydrogens (tertiary/aromatic N) is 1. The third-order valence-electron chi connectivity index (χ3n) is 3.33. The van der Waals surface area contributed by atoms with Gasteiger partial charge in [-0.3, -0.25) is 4.98 Å². The summed E-state index contributed by atoms with van der Waals surface area (Å²) in [4.78, 5) is 4.19. The fourth-order valence-corrected chi connectivity index (χ4v) is 2.65. The monoisotopic (exact) mass is 288 g/mol. The second-order valence-corrected chi connectivity index (χ2v) is 5.50. The lowest BCUT2D eigenvalue weighted by Gasteiger charge is -2.20. The second kappa shape index (κ2) is 7.41. The predicted molar refractivity (Wildman–Crippen MR) is 85.2 cm³/mol. The van der Waals surface area contributed by atoms with Crippen molar-refractivity contribution < 1.29 is 0 Å². The minimum absolute atomic E-state index is 0.229. The molecule has 2 nitrogen and oxygen atoms in total. The Morgan fingerprint density at radius 1 is 1.30 bits per heavy atom. The van der Waals surface area contributed by atoms with E-state index in [1.807, 2.05) is 18.3 Å². The van der Waals surface area contributed by atoms with Crippen LogP contribution in [0.15, 0.2) is 42.7 Å². The molecule has 106 valence electrons. The van der Waals surface area contributed by atoms with Gasteiger partial charge in [0, 0.05) is 23.5 Å². The number of hydrogen-bond acceptors (Lipinski definition) is 2. The zero-order chi connectivity index (χ0) is 14.4. The van der Waals surface area contributed by atoms with Crippen LogP contribution in [0.5, 0.6) is 0 Å². The number of hydrogen-bond donors (Lipinski definition) is 1. The quantitative estimate of drug-likeness (QED) is 0.856. The molecule has 0 aliphatic carbocycles. The maximum atomic E-state index is 6.41. The Hall–Kier alpha value is -1.38. The van der Waals surface area contributed by atoms with Crippen molar-refractivity contribution in [3.63, 3.8) is 0 Å². The van der Waals surface area contributed by atoms with E-state index in [1.165, 1.54) is 11.1 Å². The van der Waals surface area contributed by atoms with E-state index in [-0.39, 0.29) is 6.04 Å². The first kappa shape index (κ1) is 15.0. The van der Waals surface area contributed by atoms with E-state index in [0.29, 0.717) is 0 Å². The Labute approximate surface area is 126 Å². The predicted octanol–water partition coefficient (Wildman–Crippen LogP) is 4.33. The van der Waals surface area contributed by atoms with Crippen LogP contribution in [0.1, 0.15) is 36.1 Å². The lowest BCUT2D eigenvalue weighted by molar-refractivity contribution is 0.529. The Bertz CT molecular complexity index is 540. The Balaban J connectivity index is 2.22. The van der Waals surface area contributed by atoms with Crippen molar-refractivity contribution >= 4 is 11.6 Å². The van der Waals surface area contributed by atoms with Crippen LogP contribution in [0.25, 0.3) is 0 Å². The fourth-order valence-electron chi connectivity index (χ4n) is 2.28. The van der Waals surface area contributed by atoms with E-state index in [2.05, 4.69) is 42.3 Å². The Morgan fingerprint density at radius 2 is 2.15 bits per heavy atom. The molecule has 1 atom stereocenters. The zero-order valence-electron chi connectivity index (χ0n) is 12.1. The molecule has 2 rings (SSSR count). The number of rotatable bonds is 6. The highest BCUT2D eigenvalue weighted by Crippen LogP contribution is 2.26. The van der Waals surface area contributed by atoms with E-state index >= 15 is 0 Å². The van der Waals surface area contributed by atoms with Gasteiger partial charge in [0.15, 0.2) is 0 Å². The third kappa shape index (κ3) is 4.06. The molecule has 0 spiro atoms. The summed E-state index contributed by atoms with van der Waals surface area (Å²) < 4.78 is 0. The summed E-state index contributed by atoms with van der Waals surface area (Å²) in [5, 5.41) is 4.42. The van der Waals surface area contributed by atoms with Crippen molar-refractivity contribution in [1.82, 2.24) is 10.3 Å². The highest BCUT2D eigenvalue weighted by atomic mass is 35.5. The summed E-state index contributed by atoms with van der Waals surface area (Å²) in [6, 6.07) is 10.6. The first-order valence-corrected chi connectivity index (χ1v) is 7.47. The van der Waals surface area contributed by atoms with Crippen molar-refractivity contribution in [2.45, 2.75) is 32.7 Å². The molecule has 1 N–H and O–H groups in total. The van der Waals surface area contributed by atoms with E-state index in [0.717, 1.165) is 30.0 Å². The molecule has 0 amide bonds. The molecule has 0 aliphatic heterocycles. The van der Waals surface area contributed by atoms with E-state index < -0.39 is 0 Å². The number of halogens is 1. The van der Waals surface area contributed by atoms with Crippen LogP contribution in [0, 0.1) is 6.92 Å². The standard InChI is InChI=1S/C17H21ClN2/c1-3-8-20-17(11-14-5-4-9-19-12-14)15-7-6-13(2)10-16(15)18/h4-7,9-10,12,17,20H,3,8,11H2,1-2H3. The molecule has 2 aromatic rings. The van der Waals surface area contributed by atoms with Crippen LogP contribution in [0.3, 0.4) is 0 Å². The number of benzene rings is 1. The van der Waals surface area contributed by atoms with Gasteiger partial charge in [-0.05, 0) is 55.1 Å². The zero-order valence-corrected chi connectivity index (χ0v) is 12.8. The highest BCUT2D eigenvalue weighted by molar-refractivity contribution is 6.31. The van der Waals surface area contributed by atoms with Gasteiger partial charge in [-0.2, -0.15) is 0 Å². The molecule has 1 aromatic heterocycles. The minimum atomic E-state index is 0.229. The topological polar surface area (TPSA) is 24.9 Å². The average molecular weight is 289 g/mol. The molecule has 0 saturated heterocycles. The van der Waals surface area contributed by atoms with Gasteiger partial charge < -0.3 is 5.32 Å². The summed E-state index contributed by atoms with van der Waals surface area (Å²) in [5.74, 6) is 0. The first-order valence-electron chi connectivity index (χ1n) is 7.09. The molecule has 1 unspecified atom stereocenters. The van der Waals surface area contributed by atoms with Crippen LogP contribution < -0.4 is 5.32 Å². The van der Waals surface area contributed by atoms with Gasteiger partial charge in [-0.1, -0.05) is 36.7 Å². The van der Waals surface area contributed by atoms with E-state index in [9.17, 15) is 0 Å². The molecule has 0 aliphatic rings. The lowest BCUT2D eigenvalue weighted by Crippen LogP contribution is -2.24. The number of aromatic nitrogens is 1. The smallest absolute Gasteiger partial charge is 0.0456 e. The molecule has 0 bridgehead atoms. The van der Waals surface area contributed by atoms with Gasteiger partial charge in [0.25, 0.3) is 0 Å². The number of aryl methyl sites for hydroxylation is 1. The van der Waals surface area contributed by atoms with Crippen molar-refractivity contribution in [3.8, 4) is 0 Å². The Morgan fingerprint density at radius 3 is 2.80 bits per heavy atom. The average Bonchev–Trinajstić information content (AvgIpc) is 2.45. The fraction of sp³-hybridized carbons (Fsp3) is 0.353. The van der Waals surface area contributed by atoms with Gasteiger partial charge in [0.1, 0.15) is 0 Å². The summed E-state index contributed by atoms with van der Waals surface area (Å²) in [5.41, 5.74) is 3.57. The van der Waals surface area contributed by atoms with Crippen LogP contribution in [-0.4, -0.2) is 11.5 Å². The second-order valence-electron chi connectivity index (χ2n) is 5.10. The van der Waals surface area contributed by atoms with Crippen molar-refractivity contribution in [2.24, 2.45) is 0 Å². The molecule has 0 radical (unpaired) electrons. The third-order valence-corrected chi connectivity index (χ3v) is 3.66. The molecule has 1 heterocycles. The van der Waals surface area contributed by atoms with Gasteiger partial charge in [-0.15, -0.1) is 0 Å². The minimum Gasteiger partial charge on any atom is -0.310 e. The molecule has 0 fully saturated rings. The van der Waals surface area contributed by atoms with Crippen molar-refractivity contribution in [1.29, 1.82) is 0 Å². The lowest BCUT2D eigenvalue weighted by atomic mass is 9.98. The summed E-state index contributed by atoms with van der Waals surface area (Å²) in [7, 11) is 0. The van der Waals surface area contributed by atoms with Crippen molar-refractivity contribution in [2.75, 3.05) is 6.54 Å². The molecular formula is C17H21ClN2. The largest absolute Gasteiger partial charge is 0.310 e. The number of pyridine rings is 1. The number of nitrogens with one attached hydrogen (secondary N) is 1. The first-order chi connectivity index (χ1) is 9.70. The summed E-state index contributed by atoms with van der Waals surface area (Å²) in [6.07, 6.45) is 5.73. The Kier molecular flexibility index (Phi) is 5.57. The maximum absolute atomic E-state index is 6.41. The molecular weight excluding hydrogens is 268 g/mol. The van der Waals surface area contributed by atoms with Gasteiger partial charge in [0.05, 0.1) is 0 Å². The molecule has 3 heteroatoms. The van der Waals surface area contributed by atoms with Gasteiger partial charge in [-0.25, -0.2) is 0 Å². The van der Waals surface area contributed by atoms with E-state index in [1.54, 1.807) is 6.20 Å². The summed E-state index contributed by atoms with van der Waals surface area (Å²) >= 11 is 6.41. The summed E-state index contributed by atoms with van der Waals surface area (Å²) in [6.45, 7) is 5.21. The SMILES string of the molecule is CCCNC(Cc1cccnc1)c1ccc(C)cc1Cl. The molecule has 20 heavy (non-hydrogen) atoms. The van der Waals surface area contributed by atoms with Crippen molar-refractivity contribution in [3.05, 3.63) is 64.4 Å². The van der Waals surface area contributed by atoms with Crippen LogP contribution in [0.2, 0.25) is 5.02 Å². The van der Waals surface area contributed by atoms with Crippen LogP contribution >= 0.6 is 11.6 Å². The van der Waals surface area contributed by atoms with Gasteiger partial charge >= 0.3 is 0 Å². The van der Waals surface area contributed by atoms with Gasteiger partial charge in [0.2, 0.25) is 0 Å². The highest BCUT2D eigenvalue weighted by Gasteiger charge is 2.14.